The van der Waals surface area contributed by atoms with Gasteiger partial charge in [0.1, 0.15) is 6.67 Å². The average Bonchev–Trinajstić information content (AvgIpc) is 2.71. The van der Waals surface area contributed by atoms with Crippen molar-refractivity contribution in [3.05, 3.63) is 20.8 Å². The van der Waals surface area contributed by atoms with E-state index < -0.39 is 6.67 Å². The number of fused-ring (bicyclic) bond motifs is 3. The van der Waals surface area contributed by atoms with Crippen LogP contribution in [-0.4, -0.2) is 21.7 Å². The first-order chi connectivity index (χ1) is 8.70. The van der Waals surface area contributed by atoms with Gasteiger partial charge in [-0.15, -0.1) is 16.4 Å². The minimum atomic E-state index is -0.594. The van der Waals surface area contributed by atoms with Crippen LogP contribution in [0, 0.1) is 5.92 Å². The van der Waals surface area contributed by atoms with Gasteiger partial charge in [0, 0.05) is 4.88 Å². The van der Waals surface area contributed by atoms with Crippen LogP contribution in [0.25, 0.3) is 10.2 Å². The smallest absolute Gasteiger partial charge is 0.267 e. The van der Waals surface area contributed by atoms with Crippen LogP contribution < -0.4 is 5.56 Å². The Labute approximate surface area is 107 Å². The van der Waals surface area contributed by atoms with Crippen LogP contribution in [0.15, 0.2) is 4.79 Å². The predicted molar refractivity (Wildman–Crippen MR) is 68.8 cm³/mol. The number of halogens is 1. The third-order valence-electron chi connectivity index (χ3n) is 3.48. The quantitative estimate of drug-likeness (QED) is 0.835. The zero-order valence-electron chi connectivity index (χ0n) is 10.1. The molecule has 0 bridgehead atoms. The summed E-state index contributed by atoms with van der Waals surface area (Å²) in [5.41, 5.74) is 0.935. The van der Waals surface area contributed by atoms with Gasteiger partial charge in [0.2, 0.25) is 0 Å². The summed E-state index contributed by atoms with van der Waals surface area (Å²) < 4.78 is 13.5. The monoisotopic (exact) mass is 267 g/mol. The number of nitrogens with zero attached hydrogens (tertiary/aromatic N) is 3. The Balaban J connectivity index is 2.22. The Morgan fingerprint density at radius 3 is 3.17 bits per heavy atom. The second-order valence-corrected chi connectivity index (χ2v) is 5.92. The lowest BCUT2D eigenvalue weighted by Gasteiger charge is -2.17. The summed E-state index contributed by atoms with van der Waals surface area (Å²) in [5, 5.41) is 8.51. The summed E-state index contributed by atoms with van der Waals surface area (Å²) >= 11 is 1.56. The van der Waals surface area contributed by atoms with Gasteiger partial charge in [0.15, 0.2) is 4.83 Å². The molecule has 3 rings (SSSR count). The molecule has 1 atom stereocenters. The summed E-state index contributed by atoms with van der Waals surface area (Å²) in [6.07, 6.45) is 3.04. The fourth-order valence-corrected chi connectivity index (χ4v) is 3.84. The van der Waals surface area contributed by atoms with Gasteiger partial charge < -0.3 is 0 Å². The molecule has 0 aliphatic heterocycles. The molecule has 6 heteroatoms. The van der Waals surface area contributed by atoms with E-state index in [2.05, 4.69) is 17.2 Å². The minimum absolute atomic E-state index is 0.0111. The van der Waals surface area contributed by atoms with E-state index in [0.717, 1.165) is 29.5 Å². The van der Waals surface area contributed by atoms with Crippen LogP contribution in [0.3, 0.4) is 0 Å². The molecule has 0 saturated carbocycles. The van der Waals surface area contributed by atoms with Gasteiger partial charge in [-0.3, -0.25) is 4.79 Å². The van der Waals surface area contributed by atoms with E-state index in [1.165, 1.54) is 4.88 Å². The van der Waals surface area contributed by atoms with Crippen LogP contribution in [0.2, 0.25) is 0 Å². The highest BCUT2D eigenvalue weighted by Gasteiger charge is 2.23. The van der Waals surface area contributed by atoms with E-state index in [0.29, 0.717) is 16.1 Å². The molecule has 0 fully saturated rings. The molecule has 0 amide bonds. The van der Waals surface area contributed by atoms with Gasteiger partial charge in [0.25, 0.3) is 5.56 Å². The standard InChI is InChI=1S/C12H14FN3OS/c1-7-2-3-8-9(6-7)18-11-10(8)12(17)16(5-4-13)15-14-11/h7H,2-6H2,1H3. The van der Waals surface area contributed by atoms with Crippen molar-refractivity contribution >= 4 is 21.6 Å². The molecule has 0 aromatic carbocycles. The number of aromatic nitrogens is 3. The van der Waals surface area contributed by atoms with Gasteiger partial charge in [0.05, 0.1) is 11.9 Å². The third kappa shape index (κ3) is 1.75. The largest absolute Gasteiger partial charge is 0.278 e. The van der Waals surface area contributed by atoms with Crippen molar-refractivity contribution in [1.82, 2.24) is 15.0 Å². The Bertz CT molecular complexity index is 649. The molecular formula is C12H14FN3OS. The molecule has 18 heavy (non-hydrogen) atoms. The van der Waals surface area contributed by atoms with Crippen molar-refractivity contribution < 1.29 is 4.39 Å². The average molecular weight is 267 g/mol. The fourth-order valence-electron chi connectivity index (χ4n) is 2.52. The minimum Gasteiger partial charge on any atom is -0.267 e. The normalized spacial score (nSPS) is 19.1. The Morgan fingerprint density at radius 2 is 2.39 bits per heavy atom. The maximum Gasteiger partial charge on any atom is 0.278 e. The molecule has 2 aromatic heterocycles. The highest BCUT2D eigenvalue weighted by molar-refractivity contribution is 7.18. The predicted octanol–water partition coefficient (Wildman–Crippen LogP) is 1.95. The van der Waals surface area contributed by atoms with Gasteiger partial charge in [-0.2, -0.15) is 0 Å². The molecule has 1 aliphatic carbocycles. The summed E-state index contributed by atoms with van der Waals surface area (Å²) in [6.45, 7) is 1.62. The molecule has 0 radical (unpaired) electrons. The van der Waals surface area contributed by atoms with Crippen molar-refractivity contribution in [2.24, 2.45) is 5.92 Å². The summed E-state index contributed by atoms with van der Waals surface area (Å²) in [7, 11) is 0. The van der Waals surface area contributed by atoms with E-state index >= 15 is 0 Å². The summed E-state index contributed by atoms with van der Waals surface area (Å²) in [6, 6.07) is 0. The lowest BCUT2D eigenvalue weighted by Crippen LogP contribution is -2.25. The number of alkyl halides is 1. The SMILES string of the molecule is CC1CCc2c(sc3nnn(CCF)c(=O)c23)C1. The van der Waals surface area contributed by atoms with Crippen molar-refractivity contribution in [2.45, 2.75) is 32.7 Å². The number of thiophene rings is 1. The maximum atomic E-state index is 12.4. The lowest BCUT2D eigenvalue weighted by atomic mass is 9.89. The van der Waals surface area contributed by atoms with Crippen LogP contribution in [0.5, 0.6) is 0 Å². The van der Waals surface area contributed by atoms with Gasteiger partial charge >= 0.3 is 0 Å². The fraction of sp³-hybridized carbons (Fsp3) is 0.583. The molecule has 2 aromatic rings. The molecule has 1 unspecified atom stereocenters. The summed E-state index contributed by atoms with van der Waals surface area (Å²) in [5.74, 6) is 0.659. The Hall–Kier alpha value is -1.30. The number of aryl methyl sites for hydroxylation is 2. The molecule has 0 N–H and O–H groups in total. The Morgan fingerprint density at radius 1 is 1.56 bits per heavy atom. The molecule has 4 nitrogen and oxygen atoms in total. The summed E-state index contributed by atoms with van der Waals surface area (Å²) in [4.78, 5) is 14.2. The topological polar surface area (TPSA) is 47.8 Å². The van der Waals surface area contributed by atoms with Crippen LogP contribution in [0.4, 0.5) is 4.39 Å². The second-order valence-electron chi connectivity index (χ2n) is 4.84. The zero-order valence-corrected chi connectivity index (χ0v) is 11.0. The van der Waals surface area contributed by atoms with E-state index in [1.54, 1.807) is 11.3 Å². The van der Waals surface area contributed by atoms with Gasteiger partial charge in [-0.25, -0.2) is 9.07 Å². The van der Waals surface area contributed by atoms with E-state index in [9.17, 15) is 9.18 Å². The van der Waals surface area contributed by atoms with Gasteiger partial charge in [-0.1, -0.05) is 12.1 Å². The molecule has 2 heterocycles. The van der Waals surface area contributed by atoms with E-state index in [1.807, 2.05) is 0 Å². The molecule has 1 aliphatic rings. The second kappa shape index (κ2) is 4.42. The van der Waals surface area contributed by atoms with E-state index in [-0.39, 0.29) is 12.1 Å². The molecule has 0 saturated heterocycles. The van der Waals surface area contributed by atoms with Crippen LogP contribution in [0.1, 0.15) is 23.8 Å². The zero-order chi connectivity index (χ0) is 12.7. The molecule has 96 valence electrons. The molecule has 0 spiro atoms. The Kier molecular flexibility index (Phi) is 2.89. The van der Waals surface area contributed by atoms with E-state index in [4.69, 9.17) is 0 Å². The first kappa shape index (κ1) is 11.8. The van der Waals surface area contributed by atoms with Gasteiger partial charge in [-0.05, 0) is 30.7 Å². The third-order valence-corrected chi connectivity index (χ3v) is 4.62. The van der Waals surface area contributed by atoms with Crippen LogP contribution >= 0.6 is 11.3 Å². The number of hydrogen-bond acceptors (Lipinski definition) is 4. The first-order valence-electron chi connectivity index (χ1n) is 6.14. The number of rotatable bonds is 2. The lowest BCUT2D eigenvalue weighted by molar-refractivity contribution is 0.410. The van der Waals surface area contributed by atoms with Crippen molar-refractivity contribution in [1.29, 1.82) is 0 Å². The van der Waals surface area contributed by atoms with Crippen molar-refractivity contribution in [3.8, 4) is 0 Å². The van der Waals surface area contributed by atoms with Crippen LogP contribution in [-0.2, 0) is 19.4 Å². The van der Waals surface area contributed by atoms with Crippen molar-refractivity contribution in [3.63, 3.8) is 0 Å². The van der Waals surface area contributed by atoms with Crippen molar-refractivity contribution in [2.75, 3.05) is 6.67 Å². The highest BCUT2D eigenvalue weighted by Crippen LogP contribution is 2.35. The highest BCUT2D eigenvalue weighted by atomic mass is 32.1. The maximum absolute atomic E-state index is 12.4. The first-order valence-corrected chi connectivity index (χ1v) is 6.96. The molecular weight excluding hydrogens is 253 g/mol. The number of hydrogen-bond donors (Lipinski definition) is 0.